The summed E-state index contributed by atoms with van der Waals surface area (Å²) in [6.07, 6.45) is 0. The predicted molar refractivity (Wildman–Crippen MR) is 116 cm³/mol. The number of rotatable bonds is 6. The van der Waals surface area contributed by atoms with Crippen LogP contribution in [0.25, 0.3) is 0 Å². The molecule has 0 aliphatic carbocycles. The Morgan fingerprint density at radius 2 is 1.69 bits per heavy atom. The Hall–Kier alpha value is -2.83. The number of anilines is 1. The normalized spacial score (nSPS) is 11.1. The molecular weight excluding hydrogens is 408 g/mol. The van der Waals surface area contributed by atoms with Crippen LogP contribution in [0.5, 0.6) is 0 Å². The largest absolute Gasteiger partial charge is 0.348 e. The van der Waals surface area contributed by atoms with Gasteiger partial charge in [-0.25, -0.2) is 8.42 Å². The Balaban J connectivity index is 1.78. The smallest absolute Gasteiger partial charge is 0.264 e. The van der Waals surface area contributed by atoms with Crippen molar-refractivity contribution < 1.29 is 13.2 Å². The molecule has 0 radical (unpaired) electrons. The van der Waals surface area contributed by atoms with Gasteiger partial charge in [0.1, 0.15) is 0 Å². The topological polar surface area (TPSA) is 66.5 Å². The second-order valence-corrected chi connectivity index (χ2v) is 9.05. The Kier molecular flexibility index (Phi) is 6.25. The van der Waals surface area contributed by atoms with Crippen LogP contribution < -0.4 is 9.62 Å². The van der Waals surface area contributed by atoms with E-state index in [-0.39, 0.29) is 16.4 Å². The molecule has 0 unspecified atom stereocenters. The van der Waals surface area contributed by atoms with Crippen molar-refractivity contribution in [3.63, 3.8) is 0 Å². The molecule has 0 aliphatic heterocycles. The average molecular weight is 429 g/mol. The van der Waals surface area contributed by atoms with Gasteiger partial charge in [-0.1, -0.05) is 47.5 Å². The van der Waals surface area contributed by atoms with Gasteiger partial charge in [0.05, 0.1) is 10.6 Å². The third-order valence-electron chi connectivity index (χ3n) is 4.49. The summed E-state index contributed by atoms with van der Waals surface area (Å²) in [5, 5.41) is 3.37. The van der Waals surface area contributed by atoms with E-state index in [0.29, 0.717) is 17.3 Å². The number of halogens is 1. The third kappa shape index (κ3) is 4.96. The van der Waals surface area contributed by atoms with Gasteiger partial charge in [-0.3, -0.25) is 9.10 Å². The van der Waals surface area contributed by atoms with Crippen LogP contribution in [-0.4, -0.2) is 21.4 Å². The Bertz CT molecular complexity index is 1130. The van der Waals surface area contributed by atoms with Gasteiger partial charge in [-0.2, -0.15) is 0 Å². The molecule has 1 N–H and O–H groups in total. The van der Waals surface area contributed by atoms with Crippen molar-refractivity contribution in [1.82, 2.24) is 5.32 Å². The number of sulfonamides is 1. The maximum atomic E-state index is 13.0. The van der Waals surface area contributed by atoms with E-state index < -0.39 is 10.0 Å². The lowest BCUT2D eigenvalue weighted by atomic mass is 10.2. The summed E-state index contributed by atoms with van der Waals surface area (Å²) in [5.41, 5.74) is 2.71. The number of carbonyl (C=O) groups excluding carboxylic acids is 1. The van der Waals surface area contributed by atoms with Gasteiger partial charge in [0.15, 0.2) is 0 Å². The summed E-state index contributed by atoms with van der Waals surface area (Å²) in [7, 11) is -2.31. The number of hydrogen-bond donors (Lipinski definition) is 1. The van der Waals surface area contributed by atoms with Crippen molar-refractivity contribution in [1.29, 1.82) is 0 Å². The van der Waals surface area contributed by atoms with E-state index in [1.54, 1.807) is 42.5 Å². The molecule has 0 saturated heterocycles. The quantitative estimate of drug-likeness (QED) is 0.632. The molecule has 0 aliphatic rings. The van der Waals surface area contributed by atoms with Gasteiger partial charge >= 0.3 is 0 Å². The number of nitrogens with one attached hydrogen (secondary N) is 1. The van der Waals surface area contributed by atoms with Crippen LogP contribution in [0, 0.1) is 6.92 Å². The summed E-state index contributed by atoms with van der Waals surface area (Å²) in [6, 6.07) is 20.4. The molecule has 7 heteroatoms. The summed E-state index contributed by atoms with van der Waals surface area (Å²) in [4.78, 5) is 12.6. The number of nitrogens with zero attached hydrogens (tertiary/aromatic N) is 1. The van der Waals surface area contributed by atoms with Crippen LogP contribution in [-0.2, 0) is 16.6 Å². The molecule has 3 aromatic carbocycles. The molecule has 0 spiro atoms. The lowest BCUT2D eigenvalue weighted by molar-refractivity contribution is 0.0950. The average Bonchev–Trinajstić information content (AvgIpc) is 2.72. The molecule has 0 atom stereocenters. The molecule has 0 fully saturated rings. The van der Waals surface area contributed by atoms with E-state index >= 15 is 0 Å². The standard InChI is InChI=1S/C22H21ClN2O3S/c1-16-9-11-20(12-10-16)25(2)29(27,28)21-8-4-6-18(14-21)22(26)24-15-17-5-3-7-19(23)13-17/h3-14H,15H2,1-2H3,(H,24,26). The molecule has 0 aromatic heterocycles. The number of amides is 1. The zero-order chi connectivity index (χ0) is 21.0. The minimum absolute atomic E-state index is 0.0518. The van der Waals surface area contributed by atoms with E-state index in [4.69, 9.17) is 11.6 Å². The Morgan fingerprint density at radius 1 is 1.00 bits per heavy atom. The fraction of sp³-hybridized carbons (Fsp3) is 0.136. The van der Waals surface area contributed by atoms with E-state index in [9.17, 15) is 13.2 Å². The minimum atomic E-state index is -3.80. The minimum Gasteiger partial charge on any atom is -0.348 e. The fourth-order valence-corrected chi connectivity index (χ4v) is 4.24. The molecular formula is C22H21ClN2O3S. The zero-order valence-electron chi connectivity index (χ0n) is 16.1. The zero-order valence-corrected chi connectivity index (χ0v) is 17.7. The lowest BCUT2D eigenvalue weighted by Crippen LogP contribution is -2.27. The molecule has 0 bridgehead atoms. The van der Waals surface area contributed by atoms with E-state index in [1.807, 2.05) is 25.1 Å². The van der Waals surface area contributed by atoms with Crippen molar-refractivity contribution in [2.24, 2.45) is 0 Å². The van der Waals surface area contributed by atoms with Crippen LogP contribution in [0.15, 0.2) is 77.7 Å². The number of carbonyl (C=O) groups is 1. The first-order valence-electron chi connectivity index (χ1n) is 8.96. The Morgan fingerprint density at radius 3 is 2.38 bits per heavy atom. The Labute approximate surface area is 176 Å². The highest BCUT2D eigenvalue weighted by Gasteiger charge is 2.22. The highest BCUT2D eigenvalue weighted by Crippen LogP contribution is 2.23. The first-order chi connectivity index (χ1) is 13.8. The molecule has 5 nitrogen and oxygen atoms in total. The molecule has 0 heterocycles. The SMILES string of the molecule is Cc1ccc(N(C)S(=O)(=O)c2cccc(C(=O)NCc3cccc(Cl)c3)c2)cc1. The van der Waals surface area contributed by atoms with Gasteiger partial charge in [-0.15, -0.1) is 0 Å². The van der Waals surface area contributed by atoms with Crippen molar-refractivity contribution in [2.45, 2.75) is 18.4 Å². The predicted octanol–water partition coefficient (Wildman–Crippen LogP) is 4.40. The summed E-state index contributed by atoms with van der Waals surface area (Å²) < 4.78 is 27.2. The van der Waals surface area contributed by atoms with Crippen LogP contribution in [0.1, 0.15) is 21.5 Å². The number of benzene rings is 3. The molecule has 150 valence electrons. The lowest BCUT2D eigenvalue weighted by Gasteiger charge is -2.20. The number of hydrogen-bond acceptors (Lipinski definition) is 3. The number of aryl methyl sites for hydroxylation is 1. The summed E-state index contributed by atoms with van der Waals surface area (Å²) in [5.74, 6) is -0.361. The van der Waals surface area contributed by atoms with Crippen LogP contribution >= 0.6 is 11.6 Å². The summed E-state index contributed by atoms with van der Waals surface area (Å²) >= 11 is 5.95. The first-order valence-corrected chi connectivity index (χ1v) is 10.8. The van der Waals surface area contributed by atoms with Crippen LogP contribution in [0.2, 0.25) is 5.02 Å². The fourth-order valence-electron chi connectivity index (χ4n) is 2.78. The highest BCUT2D eigenvalue weighted by atomic mass is 35.5. The first kappa shape index (κ1) is 20.9. The summed E-state index contributed by atoms with van der Waals surface area (Å²) in [6.45, 7) is 2.23. The molecule has 1 amide bonds. The van der Waals surface area contributed by atoms with E-state index in [1.165, 1.54) is 23.5 Å². The van der Waals surface area contributed by atoms with Crippen molar-refractivity contribution in [2.75, 3.05) is 11.4 Å². The van der Waals surface area contributed by atoms with Gasteiger partial charge in [0.2, 0.25) is 0 Å². The van der Waals surface area contributed by atoms with Crippen molar-refractivity contribution in [3.05, 3.63) is 94.5 Å². The van der Waals surface area contributed by atoms with E-state index in [2.05, 4.69) is 5.32 Å². The van der Waals surface area contributed by atoms with Crippen LogP contribution in [0.4, 0.5) is 5.69 Å². The molecule has 3 rings (SSSR count). The van der Waals surface area contributed by atoms with Gasteiger partial charge in [-0.05, 0) is 55.0 Å². The van der Waals surface area contributed by atoms with Gasteiger partial charge in [0, 0.05) is 24.2 Å². The molecule has 0 saturated carbocycles. The highest BCUT2D eigenvalue weighted by molar-refractivity contribution is 7.92. The molecule has 29 heavy (non-hydrogen) atoms. The van der Waals surface area contributed by atoms with Gasteiger partial charge in [0.25, 0.3) is 15.9 Å². The van der Waals surface area contributed by atoms with Crippen LogP contribution in [0.3, 0.4) is 0 Å². The maximum absolute atomic E-state index is 13.0. The van der Waals surface area contributed by atoms with Gasteiger partial charge < -0.3 is 5.32 Å². The maximum Gasteiger partial charge on any atom is 0.264 e. The molecule has 3 aromatic rings. The van der Waals surface area contributed by atoms with Crippen molar-refractivity contribution >= 4 is 33.2 Å². The monoisotopic (exact) mass is 428 g/mol. The van der Waals surface area contributed by atoms with Crippen molar-refractivity contribution in [3.8, 4) is 0 Å². The third-order valence-corrected chi connectivity index (χ3v) is 6.51. The second kappa shape index (κ2) is 8.68. The van der Waals surface area contributed by atoms with E-state index in [0.717, 1.165) is 11.1 Å². The second-order valence-electron chi connectivity index (χ2n) is 6.65.